The van der Waals surface area contributed by atoms with Crippen molar-refractivity contribution in [2.75, 3.05) is 4.90 Å². The van der Waals surface area contributed by atoms with Gasteiger partial charge in [0.15, 0.2) is 0 Å². The molecule has 9 aromatic rings. The molecular weight excluding hydrogens is 651 g/mol. The van der Waals surface area contributed by atoms with Crippen molar-refractivity contribution in [3.63, 3.8) is 0 Å². The minimum absolute atomic E-state index is 0.481. The monoisotopic (exact) mass is 687 g/mol. The Hall–Kier alpha value is -6.96. The number of rotatable bonds is 7. The van der Waals surface area contributed by atoms with E-state index in [-0.39, 0.29) is 0 Å². The van der Waals surface area contributed by atoms with E-state index in [0.29, 0.717) is 0 Å². The number of nitrogens with zero attached hydrogens (tertiary/aromatic N) is 1. The Kier molecular flexibility index (Phi) is 7.78. The molecule has 0 N–H and O–H groups in total. The largest absolute Gasteiger partial charge is 0.309 e. The highest BCUT2D eigenvalue weighted by Crippen LogP contribution is 2.59. The molecule has 0 unspecified atom stereocenters. The van der Waals surface area contributed by atoms with Crippen LogP contribution in [0.4, 0.5) is 17.1 Å². The summed E-state index contributed by atoms with van der Waals surface area (Å²) in [5.41, 5.74) is 15.4. The van der Waals surface area contributed by atoms with E-state index < -0.39 is 5.41 Å². The van der Waals surface area contributed by atoms with Crippen LogP contribution in [0, 0.1) is 0 Å². The SMILES string of the molecule is c1ccc(-c2ccc(-c3ccc(N(c4ccccc4)c4cccc5c4-c4ccccc4C5(c4ccccc4)c4ccccc4)c4ccccc34)cc2)cc1. The first kappa shape index (κ1) is 31.7. The van der Waals surface area contributed by atoms with Crippen LogP contribution in [0.15, 0.2) is 224 Å². The van der Waals surface area contributed by atoms with Crippen molar-refractivity contribution in [2.24, 2.45) is 0 Å². The molecule has 1 nitrogen and oxygen atoms in total. The van der Waals surface area contributed by atoms with Gasteiger partial charge in [0.25, 0.3) is 0 Å². The van der Waals surface area contributed by atoms with Crippen molar-refractivity contribution in [2.45, 2.75) is 5.41 Å². The van der Waals surface area contributed by atoms with Crippen molar-refractivity contribution in [3.8, 4) is 33.4 Å². The highest BCUT2D eigenvalue weighted by molar-refractivity contribution is 6.08. The summed E-state index contributed by atoms with van der Waals surface area (Å²) in [6.45, 7) is 0. The molecule has 0 bridgehead atoms. The second kappa shape index (κ2) is 13.2. The lowest BCUT2D eigenvalue weighted by atomic mass is 9.68. The third kappa shape index (κ3) is 5.01. The summed E-state index contributed by atoms with van der Waals surface area (Å²) in [5.74, 6) is 0. The number of hydrogen-bond donors (Lipinski definition) is 0. The van der Waals surface area contributed by atoms with Crippen molar-refractivity contribution in [3.05, 3.63) is 247 Å². The van der Waals surface area contributed by atoms with E-state index in [1.165, 1.54) is 66.4 Å². The fraction of sp³-hybridized carbons (Fsp3) is 0.0189. The molecule has 1 heteroatoms. The number of hydrogen-bond acceptors (Lipinski definition) is 1. The first-order valence-electron chi connectivity index (χ1n) is 18.7. The third-order valence-electron chi connectivity index (χ3n) is 11.2. The van der Waals surface area contributed by atoms with E-state index in [0.717, 1.165) is 17.1 Å². The van der Waals surface area contributed by atoms with Gasteiger partial charge in [-0.05, 0) is 79.7 Å². The molecule has 0 saturated heterocycles. The fourth-order valence-electron chi connectivity index (χ4n) is 8.85. The first-order chi connectivity index (χ1) is 26.8. The van der Waals surface area contributed by atoms with Gasteiger partial charge in [-0.25, -0.2) is 0 Å². The quantitative estimate of drug-likeness (QED) is 0.161. The van der Waals surface area contributed by atoms with Crippen LogP contribution in [-0.4, -0.2) is 0 Å². The van der Waals surface area contributed by atoms with Crippen LogP contribution in [0.3, 0.4) is 0 Å². The van der Waals surface area contributed by atoms with Crippen molar-refractivity contribution < 1.29 is 0 Å². The Morgan fingerprint density at radius 1 is 0.296 bits per heavy atom. The van der Waals surface area contributed by atoms with Gasteiger partial charge in [0, 0.05) is 16.6 Å². The standard InChI is InChI=1S/C53H37N/c1-5-18-38(19-6-1)39-32-34-40(35-33-39)44-36-37-50(46-27-14-13-26-45(44)46)54(43-24-11-4-12-25-43)51-31-17-30-49-52(51)47-28-15-16-29-48(47)53(49,41-20-7-2-8-21-41)42-22-9-3-10-23-42/h1-37H. The van der Waals surface area contributed by atoms with Crippen molar-refractivity contribution in [1.29, 1.82) is 0 Å². The number of para-hydroxylation sites is 1. The second-order valence-electron chi connectivity index (χ2n) is 14.0. The van der Waals surface area contributed by atoms with Gasteiger partial charge in [0.2, 0.25) is 0 Å². The average molecular weight is 688 g/mol. The topological polar surface area (TPSA) is 3.24 Å². The maximum atomic E-state index is 2.48. The van der Waals surface area contributed by atoms with Crippen LogP contribution >= 0.6 is 0 Å². The molecular formula is C53H37N. The van der Waals surface area contributed by atoms with E-state index in [1.807, 2.05) is 0 Å². The van der Waals surface area contributed by atoms with Gasteiger partial charge < -0.3 is 4.90 Å². The lowest BCUT2D eigenvalue weighted by Crippen LogP contribution is -2.28. The Morgan fingerprint density at radius 3 is 1.50 bits per heavy atom. The zero-order chi connectivity index (χ0) is 35.9. The maximum Gasteiger partial charge on any atom is 0.0714 e. The van der Waals surface area contributed by atoms with Gasteiger partial charge in [-0.1, -0.05) is 200 Å². The van der Waals surface area contributed by atoms with E-state index in [4.69, 9.17) is 0 Å². The van der Waals surface area contributed by atoms with Gasteiger partial charge in [-0.2, -0.15) is 0 Å². The molecule has 10 rings (SSSR count). The van der Waals surface area contributed by atoms with Crippen molar-refractivity contribution in [1.82, 2.24) is 0 Å². The van der Waals surface area contributed by atoms with Crippen LogP contribution in [-0.2, 0) is 5.41 Å². The smallest absolute Gasteiger partial charge is 0.0714 e. The molecule has 0 spiro atoms. The molecule has 0 aromatic heterocycles. The van der Waals surface area contributed by atoms with Crippen LogP contribution < -0.4 is 4.90 Å². The molecule has 0 aliphatic heterocycles. The summed E-state index contributed by atoms with van der Waals surface area (Å²) < 4.78 is 0. The van der Waals surface area contributed by atoms with Crippen LogP contribution in [0.5, 0.6) is 0 Å². The van der Waals surface area contributed by atoms with E-state index >= 15 is 0 Å². The van der Waals surface area contributed by atoms with Crippen LogP contribution in [0.1, 0.15) is 22.3 Å². The maximum absolute atomic E-state index is 2.48. The molecule has 54 heavy (non-hydrogen) atoms. The predicted octanol–water partition coefficient (Wildman–Crippen LogP) is 14.0. The average Bonchev–Trinajstić information content (AvgIpc) is 3.57. The van der Waals surface area contributed by atoms with E-state index in [2.05, 4.69) is 229 Å². The molecule has 0 amide bonds. The fourth-order valence-corrected chi connectivity index (χ4v) is 8.85. The molecule has 1 aliphatic rings. The Balaban J connectivity index is 1.21. The molecule has 0 fully saturated rings. The van der Waals surface area contributed by atoms with E-state index in [1.54, 1.807) is 0 Å². The highest BCUT2D eigenvalue weighted by atomic mass is 15.1. The molecule has 0 atom stereocenters. The molecule has 0 saturated carbocycles. The van der Waals surface area contributed by atoms with Gasteiger partial charge >= 0.3 is 0 Å². The summed E-state index contributed by atoms with van der Waals surface area (Å²) >= 11 is 0. The number of fused-ring (bicyclic) bond motifs is 4. The Morgan fingerprint density at radius 2 is 0.815 bits per heavy atom. The molecule has 1 aliphatic carbocycles. The minimum atomic E-state index is -0.481. The molecule has 9 aromatic carbocycles. The van der Waals surface area contributed by atoms with Gasteiger partial charge in [0.05, 0.1) is 16.8 Å². The molecule has 254 valence electrons. The third-order valence-corrected chi connectivity index (χ3v) is 11.2. The number of benzene rings is 9. The second-order valence-corrected chi connectivity index (χ2v) is 14.0. The summed E-state index contributed by atoms with van der Waals surface area (Å²) in [5, 5.41) is 2.42. The zero-order valence-corrected chi connectivity index (χ0v) is 29.8. The minimum Gasteiger partial charge on any atom is -0.309 e. The number of anilines is 3. The van der Waals surface area contributed by atoms with Crippen LogP contribution in [0.2, 0.25) is 0 Å². The van der Waals surface area contributed by atoms with Gasteiger partial charge in [-0.15, -0.1) is 0 Å². The zero-order valence-electron chi connectivity index (χ0n) is 29.8. The molecule has 0 radical (unpaired) electrons. The first-order valence-corrected chi connectivity index (χ1v) is 18.7. The predicted molar refractivity (Wildman–Crippen MR) is 227 cm³/mol. The summed E-state index contributed by atoms with van der Waals surface area (Å²) in [4.78, 5) is 2.48. The van der Waals surface area contributed by atoms with Crippen molar-refractivity contribution >= 4 is 27.8 Å². The lowest BCUT2D eigenvalue weighted by molar-refractivity contribution is 0.768. The Bertz CT molecular complexity index is 2700. The summed E-state index contributed by atoms with van der Waals surface area (Å²) in [7, 11) is 0. The lowest BCUT2D eigenvalue weighted by Gasteiger charge is -2.34. The normalized spacial score (nSPS) is 12.6. The van der Waals surface area contributed by atoms with E-state index in [9.17, 15) is 0 Å². The van der Waals surface area contributed by atoms with Crippen LogP contribution in [0.25, 0.3) is 44.2 Å². The van der Waals surface area contributed by atoms with Gasteiger partial charge in [0.1, 0.15) is 0 Å². The summed E-state index contributed by atoms with van der Waals surface area (Å²) in [6, 6.07) is 81.9. The van der Waals surface area contributed by atoms with Gasteiger partial charge in [-0.3, -0.25) is 0 Å². The summed E-state index contributed by atoms with van der Waals surface area (Å²) in [6.07, 6.45) is 0. The highest BCUT2D eigenvalue weighted by Gasteiger charge is 2.47. The Labute approximate surface area is 317 Å². The molecule has 0 heterocycles.